The van der Waals surface area contributed by atoms with Gasteiger partial charge in [-0.25, -0.2) is 4.98 Å². The third kappa shape index (κ3) is 4.19. The summed E-state index contributed by atoms with van der Waals surface area (Å²) in [5, 5.41) is 0.497. The topological polar surface area (TPSA) is 58.4 Å². The van der Waals surface area contributed by atoms with Crippen LogP contribution >= 0.6 is 15.9 Å². The summed E-state index contributed by atoms with van der Waals surface area (Å²) in [5.41, 5.74) is 2.72. The van der Waals surface area contributed by atoms with Crippen molar-refractivity contribution in [1.82, 2.24) is 14.5 Å². The zero-order chi connectivity index (χ0) is 20.4. The Bertz CT molecular complexity index is 1110. The summed E-state index contributed by atoms with van der Waals surface area (Å²) in [4.78, 5) is 33.9. The molecule has 0 atom stereocenters. The molecule has 6 nitrogen and oxygen atoms in total. The van der Waals surface area contributed by atoms with Crippen molar-refractivity contribution < 1.29 is 4.79 Å². The molecule has 4 rings (SSSR count). The largest absolute Gasteiger partial charge is 0.371 e. The van der Waals surface area contributed by atoms with E-state index in [1.165, 1.54) is 29.4 Å². The van der Waals surface area contributed by atoms with Crippen molar-refractivity contribution in [2.75, 3.05) is 25.0 Å². The third-order valence-electron chi connectivity index (χ3n) is 5.36. The van der Waals surface area contributed by atoms with Crippen LogP contribution in [0.4, 0.5) is 5.69 Å². The Balaban J connectivity index is 1.52. The van der Waals surface area contributed by atoms with Gasteiger partial charge < -0.3 is 9.80 Å². The highest BCUT2D eigenvalue weighted by Crippen LogP contribution is 2.25. The van der Waals surface area contributed by atoms with Crippen LogP contribution in [0.25, 0.3) is 10.9 Å². The van der Waals surface area contributed by atoms with Crippen LogP contribution in [-0.2, 0) is 17.9 Å². The average Bonchev–Trinajstić information content (AvgIpc) is 3.25. The number of amides is 1. The second-order valence-electron chi connectivity index (χ2n) is 7.41. The van der Waals surface area contributed by atoms with E-state index in [1.807, 2.05) is 18.2 Å². The fraction of sp³-hybridized carbons (Fsp3) is 0.318. The maximum absolute atomic E-state index is 12.8. The number of hydrogen-bond donors (Lipinski definition) is 0. The minimum Gasteiger partial charge on any atom is -0.371 e. The maximum atomic E-state index is 12.8. The van der Waals surface area contributed by atoms with Crippen LogP contribution in [-0.4, -0.2) is 40.5 Å². The highest BCUT2D eigenvalue weighted by Gasteiger charge is 2.18. The number of nitrogens with zero attached hydrogens (tertiary/aromatic N) is 4. The molecule has 1 fully saturated rings. The second kappa shape index (κ2) is 8.37. The minimum atomic E-state index is -0.212. The van der Waals surface area contributed by atoms with E-state index in [1.54, 1.807) is 24.1 Å². The predicted molar refractivity (Wildman–Crippen MR) is 118 cm³/mol. The summed E-state index contributed by atoms with van der Waals surface area (Å²) in [6.45, 7) is 2.59. The average molecular weight is 455 g/mol. The van der Waals surface area contributed by atoms with Gasteiger partial charge in [0.25, 0.3) is 5.56 Å². The van der Waals surface area contributed by atoms with E-state index in [-0.39, 0.29) is 18.0 Å². The number of anilines is 1. The molecule has 1 amide bonds. The van der Waals surface area contributed by atoms with Crippen molar-refractivity contribution in [3.8, 4) is 0 Å². The lowest BCUT2D eigenvalue weighted by Gasteiger charge is -2.24. The number of fused-ring (bicyclic) bond motifs is 1. The fourth-order valence-electron chi connectivity index (χ4n) is 3.77. The number of likely N-dealkylation sites (N-methyl/N-ethyl adjacent to an activating group) is 1. The Morgan fingerprint density at radius 1 is 1.17 bits per heavy atom. The Morgan fingerprint density at radius 2 is 1.93 bits per heavy atom. The van der Waals surface area contributed by atoms with Crippen molar-refractivity contribution in [2.45, 2.75) is 25.9 Å². The second-order valence-corrected chi connectivity index (χ2v) is 8.33. The Labute approximate surface area is 177 Å². The molecule has 3 aromatic rings. The van der Waals surface area contributed by atoms with E-state index in [4.69, 9.17) is 0 Å². The predicted octanol–water partition coefficient (Wildman–Crippen LogP) is 3.42. The molecule has 0 N–H and O–H groups in total. The monoisotopic (exact) mass is 454 g/mol. The lowest BCUT2D eigenvalue weighted by molar-refractivity contribution is -0.131. The first-order valence-electron chi connectivity index (χ1n) is 9.74. The van der Waals surface area contributed by atoms with Crippen molar-refractivity contribution in [3.63, 3.8) is 0 Å². The van der Waals surface area contributed by atoms with Crippen LogP contribution in [0, 0.1) is 0 Å². The Kier molecular flexibility index (Phi) is 5.67. The first kappa shape index (κ1) is 19.6. The van der Waals surface area contributed by atoms with E-state index in [0.717, 1.165) is 23.1 Å². The van der Waals surface area contributed by atoms with Crippen LogP contribution in [0.5, 0.6) is 0 Å². The van der Waals surface area contributed by atoms with Gasteiger partial charge in [-0.1, -0.05) is 34.1 Å². The number of aromatic nitrogens is 2. The number of hydrogen-bond acceptors (Lipinski definition) is 4. The highest BCUT2D eigenvalue weighted by molar-refractivity contribution is 9.10. The van der Waals surface area contributed by atoms with Gasteiger partial charge in [-0.05, 0) is 42.7 Å². The summed E-state index contributed by atoms with van der Waals surface area (Å²) in [6.07, 6.45) is 3.86. The van der Waals surface area contributed by atoms with E-state index >= 15 is 0 Å². The molecule has 1 saturated heterocycles. The number of para-hydroxylation sites is 1. The van der Waals surface area contributed by atoms with Gasteiger partial charge in [0.15, 0.2) is 0 Å². The molecule has 1 aliphatic rings. The zero-order valence-electron chi connectivity index (χ0n) is 16.3. The van der Waals surface area contributed by atoms with Gasteiger partial charge in [0.05, 0.1) is 17.2 Å². The van der Waals surface area contributed by atoms with E-state index < -0.39 is 0 Å². The molecule has 0 saturated carbocycles. The normalized spacial score (nSPS) is 13.8. The van der Waals surface area contributed by atoms with E-state index in [2.05, 4.69) is 37.9 Å². The lowest BCUT2D eigenvalue weighted by atomic mass is 10.1. The van der Waals surface area contributed by atoms with Gasteiger partial charge in [0.2, 0.25) is 5.91 Å². The first-order chi connectivity index (χ1) is 14.0. The molecule has 2 heterocycles. The molecule has 0 radical (unpaired) electrons. The van der Waals surface area contributed by atoms with Crippen molar-refractivity contribution in [3.05, 3.63) is 69.2 Å². The van der Waals surface area contributed by atoms with E-state index in [9.17, 15) is 9.59 Å². The van der Waals surface area contributed by atoms with Crippen molar-refractivity contribution >= 4 is 38.4 Å². The van der Waals surface area contributed by atoms with Gasteiger partial charge in [-0.3, -0.25) is 14.2 Å². The number of benzene rings is 2. The number of carbonyl (C=O) groups is 1. The Morgan fingerprint density at radius 3 is 2.72 bits per heavy atom. The molecule has 0 unspecified atom stereocenters. The lowest BCUT2D eigenvalue weighted by Crippen LogP contribution is -2.34. The SMILES string of the molecule is CN(Cc1ccccc1N1CCCC1)C(=O)Cn1cnc2ccc(Br)cc2c1=O. The molecule has 1 aromatic heterocycles. The standard InChI is InChI=1S/C22H23BrN4O2/c1-25(13-16-6-2-3-7-20(16)26-10-4-5-11-26)21(28)14-27-15-24-19-9-8-17(23)12-18(19)22(27)29/h2-3,6-9,12,15H,4-5,10-11,13-14H2,1H3. The van der Waals surface area contributed by atoms with Crippen LogP contribution in [0.3, 0.4) is 0 Å². The fourth-order valence-corrected chi connectivity index (χ4v) is 4.13. The minimum absolute atomic E-state index is 0.0311. The molecule has 150 valence electrons. The smallest absolute Gasteiger partial charge is 0.261 e. The maximum Gasteiger partial charge on any atom is 0.261 e. The summed E-state index contributed by atoms with van der Waals surface area (Å²) in [7, 11) is 1.78. The molecule has 2 aromatic carbocycles. The molecular formula is C22H23BrN4O2. The molecule has 1 aliphatic heterocycles. The molecular weight excluding hydrogens is 432 g/mol. The number of carbonyl (C=O) groups excluding carboxylic acids is 1. The van der Waals surface area contributed by atoms with Gasteiger partial charge in [-0.2, -0.15) is 0 Å². The third-order valence-corrected chi connectivity index (χ3v) is 5.86. The Hall–Kier alpha value is -2.67. The first-order valence-corrected chi connectivity index (χ1v) is 10.5. The van der Waals surface area contributed by atoms with Crippen LogP contribution in [0.2, 0.25) is 0 Å². The molecule has 29 heavy (non-hydrogen) atoms. The molecule has 0 spiro atoms. The molecule has 0 aliphatic carbocycles. The molecule has 0 bridgehead atoms. The summed E-state index contributed by atoms with van der Waals surface area (Å²) < 4.78 is 2.18. The highest BCUT2D eigenvalue weighted by atomic mass is 79.9. The van der Waals surface area contributed by atoms with Crippen molar-refractivity contribution in [1.29, 1.82) is 0 Å². The molecule has 7 heteroatoms. The van der Waals surface area contributed by atoms with Gasteiger partial charge in [0.1, 0.15) is 6.54 Å². The van der Waals surface area contributed by atoms with Gasteiger partial charge >= 0.3 is 0 Å². The summed E-state index contributed by atoms with van der Waals surface area (Å²) in [5.74, 6) is -0.125. The summed E-state index contributed by atoms with van der Waals surface area (Å²) in [6, 6.07) is 13.6. The van der Waals surface area contributed by atoms with Gasteiger partial charge in [-0.15, -0.1) is 0 Å². The van der Waals surface area contributed by atoms with Gasteiger partial charge in [0, 0.05) is 36.8 Å². The van der Waals surface area contributed by atoms with Crippen LogP contribution in [0.15, 0.2) is 58.1 Å². The van der Waals surface area contributed by atoms with Crippen molar-refractivity contribution in [2.24, 2.45) is 0 Å². The number of halogens is 1. The number of rotatable bonds is 5. The van der Waals surface area contributed by atoms with Crippen LogP contribution < -0.4 is 10.5 Å². The summed E-state index contributed by atoms with van der Waals surface area (Å²) >= 11 is 3.38. The quantitative estimate of drug-likeness (QED) is 0.592. The van der Waals surface area contributed by atoms with E-state index in [0.29, 0.717) is 17.4 Å². The van der Waals surface area contributed by atoms with Crippen LogP contribution in [0.1, 0.15) is 18.4 Å². The zero-order valence-corrected chi connectivity index (χ0v) is 17.9.